The van der Waals surface area contributed by atoms with Crippen molar-refractivity contribution in [3.63, 3.8) is 0 Å². The molecule has 0 saturated carbocycles. The van der Waals surface area contributed by atoms with Crippen LogP contribution in [0.4, 0.5) is 30.4 Å². The van der Waals surface area contributed by atoms with E-state index in [0.29, 0.717) is 17.1 Å². The van der Waals surface area contributed by atoms with Gasteiger partial charge in [0.25, 0.3) is 0 Å². The fraction of sp³-hybridized carbons (Fsp3) is 0.261. The highest BCUT2D eigenvalue weighted by Crippen LogP contribution is 2.28. The number of carbonyl (C=O) groups is 1. The second-order valence-electron chi connectivity index (χ2n) is 7.52. The zero-order chi connectivity index (χ0) is 22.7. The zero-order valence-electron chi connectivity index (χ0n) is 17.4. The number of Topliss-reactive ketones (excluding diaryl/α,β-unsaturated/α-hetero) is 1. The van der Waals surface area contributed by atoms with Crippen molar-refractivity contribution in [1.82, 2.24) is 4.98 Å². The average Bonchev–Trinajstić information content (AvgIpc) is 3.29. The van der Waals surface area contributed by atoms with Crippen LogP contribution in [0.2, 0.25) is 0 Å². The lowest BCUT2D eigenvalue weighted by Crippen LogP contribution is -2.33. The van der Waals surface area contributed by atoms with E-state index >= 15 is 0 Å². The van der Waals surface area contributed by atoms with Gasteiger partial charge in [0.1, 0.15) is 11.9 Å². The van der Waals surface area contributed by atoms with Crippen LogP contribution in [-0.4, -0.2) is 30.2 Å². The summed E-state index contributed by atoms with van der Waals surface area (Å²) in [6, 6.07) is 12.8. The highest BCUT2D eigenvalue weighted by molar-refractivity contribution is 5.93. The maximum absolute atomic E-state index is 12.4. The fourth-order valence-electron chi connectivity index (χ4n) is 3.55. The number of pyridine rings is 2. The first-order valence-corrected chi connectivity index (χ1v) is 10.2. The molecule has 0 atom stereocenters. The average molecular weight is 443 g/mol. The van der Waals surface area contributed by atoms with Crippen molar-refractivity contribution < 1.29 is 27.3 Å². The quantitative estimate of drug-likeness (QED) is 0.438. The third kappa shape index (κ3) is 5.35. The number of benzene rings is 1. The Hall–Kier alpha value is -3.62. The molecule has 9 heteroatoms. The maximum atomic E-state index is 12.4. The topological polar surface area (TPSA) is 58.3 Å². The van der Waals surface area contributed by atoms with Gasteiger partial charge < -0.3 is 15.0 Å². The molecule has 2 aromatic heterocycles. The molecule has 0 radical (unpaired) electrons. The molecule has 1 aliphatic rings. The Balaban J connectivity index is 1.65. The largest absolute Gasteiger partial charge is 0.573 e. The van der Waals surface area contributed by atoms with Gasteiger partial charge in [-0.1, -0.05) is 0 Å². The molecule has 3 heterocycles. The van der Waals surface area contributed by atoms with Gasteiger partial charge in [-0.3, -0.25) is 4.79 Å². The molecule has 1 fully saturated rings. The lowest BCUT2D eigenvalue weighted by atomic mass is 10.2. The second-order valence-corrected chi connectivity index (χ2v) is 7.52. The third-order valence-corrected chi connectivity index (χ3v) is 5.08. The Kier molecular flexibility index (Phi) is 5.98. The molecule has 0 unspecified atom stereocenters. The van der Waals surface area contributed by atoms with Crippen LogP contribution in [0.1, 0.15) is 30.1 Å². The van der Waals surface area contributed by atoms with Crippen LogP contribution in [0.5, 0.6) is 5.75 Å². The van der Waals surface area contributed by atoms with Crippen molar-refractivity contribution in [2.24, 2.45) is 0 Å². The molecule has 6 nitrogen and oxygen atoms in total. The fourth-order valence-corrected chi connectivity index (χ4v) is 3.55. The SMILES string of the molecule is CC(=O)c1ccc[n+](-c2cc(Nc3ccc(OC(F)(F)F)cc3)cc(N3CCCC3)n2)c1. The summed E-state index contributed by atoms with van der Waals surface area (Å²) in [7, 11) is 0. The standard InChI is InChI=1S/C23H22F3N4O2/c1-16(31)17-5-4-12-30(15-17)22-14-19(13-21(28-22)29-10-2-3-11-29)27-18-6-8-20(9-7-18)32-23(24,25)26/h4-9,12-15H,2-3,10-11H2,1H3,(H,27,28)/q+1. The zero-order valence-corrected chi connectivity index (χ0v) is 17.4. The Bertz CT molecular complexity index is 1110. The summed E-state index contributed by atoms with van der Waals surface area (Å²) in [5.74, 6) is 1.08. The van der Waals surface area contributed by atoms with E-state index in [1.165, 1.54) is 31.2 Å². The Labute approximate surface area is 183 Å². The summed E-state index contributed by atoms with van der Waals surface area (Å²) >= 11 is 0. The van der Waals surface area contributed by atoms with E-state index in [2.05, 4.69) is 15.0 Å². The summed E-state index contributed by atoms with van der Waals surface area (Å²) < 4.78 is 42.9. The van der Waals surface area contributed by atoms with Crippen molar-refractivity contribution in [3.05, 3.63) is 66.5 Å². The molecular formula is C23H22F3N4O2+. The van der Waals surface area contributed by atoms with Gasteiger partial charge in [0.15, 0.2) is 5.78 Å². The van der Waals surface area contributed by atoms with E-state index in [4.69, 9.17) is 4.98 Å². The van der Waals surface area contributed by atoms with Gasteiger partial charge >= 0.3 is 12.2 Å². The summed E-state index contributed by atoms with van der Waals surface area (Å²) in [5, 5.41) is 3.22. The van der Waals surface area contributed by atoms with Gasteiger partial charge in [-0.15, -0.1) is 13.2 Å². The van der Waals surface area contributed by atoms with Gasteiger partial charge in [-0.2, -0.15) is 0 Å². The first kappa shape index (κ1) is 21.6. The first-order chi connectivity index (χ1) is 15.3. The first-order valence-electron chi connectivity index (χ1n) is 10.2. The molecule has 32 heavy (non-hydrogen) atoms. The smallest absolute Gasteiger partial charge is 0.406 e. The molecule has 0 aliphatic carbocycles. The molecule has 1 aliphatic heterocycles. The van der Waals surface area contributed by atoms with Crippen molar-refractivity contribution in [1.29, 1.82) is 0 Å². The van der Waals surface area contributed by atoms with Gasteiger partial charge in [0.05, 0.1) is 23.5 Å². The highest BCUT2D eigenvalue weighted by Gasteiger charge is 2.31. The molecule has 0 amide bonds. The molecule has 1 saturated heterocycles. The number of ether oxygens (including phenoxy) is 1. The van der Waals surface area contributed by atoms with Gasteiger partial charge in [-0.25, -0.2) is 4.57 Å². The number of carbonyl (C=O) groups excluding carboxylic acids is 1. The number of aromatic nitrogens is 2. The van der Waals surface area contributed by atoms with Crippen molar-refractivity contribution in [2.75, 3.05) is 23.3 Å². The molecule has 1 N–H and O–H groups in total. The number of hydrogen-bond acceptors (Lipinski definition) is 5. The maximum Gasteiger partial charge on any atom is 0.573 e. The summed E-state index contributed by atoms with van der Waals surface area (Å²) in [4.78, 5) is 18.8. The van der Waals surface area contributed by atoms with Gasteiger partial charge in [0, 0.05) is 24.8 Å². The van der Waals surface area contributed by atoms with Crippen LogP contribution >= 0.6 is 0 Å². The van der Waals surface area contributed by atoms with E-state index in [0.717, 1.165) is 37.4 Å². The Morgan fingerprint density at radius 3 is 2.47 bits per heavy atom. The van der Waals surface area contributed by atoms with Crippen molar-refractivity contribution >= 4 is 23.0 Å². The number of alkyl halides is 3. The number of nitrogens with one attached hydrogen (secondary N) is 1. The van der Waals surface area contributed by atoms with E-state index in [1.807, 2.05) is 18.3 Å². The van der Waals surface area contributed by atoms with Crippen LogP contribution in [0.3, 0.4) is 0 Å². The van der Waals surface area contributed by atoms with Crippen LogP contribution in [-0.2, 0) is 0 Å². The van der Waals surface area contributed by atoms with Gasteiger partial charge in [-0.05, 0) is 61.1 Å². The van der Waals surface area contributed by atoms with E-state index in [-0.39, 0.29) is 11.5 Å². The number of nitrogens with zero attached hydrogens (tertiary/aromatic N) is 3. The summed E-state index contributed by atoms with van der Waals surface area (Å²) in [6.07, 6.45) is 0.983. The van der Waals surface area contributed by atoms with Crippen LogP contribution in [0.15, 0.2) is 60.9 Å². The molecular weight excluding hydrogens is 421 g/mol. The molecule has 0 bridgehead atoms. The normalized spacial score (nSPS) is 13.8. The summed E-state index contributed by atoms with van der Waals surface area (Å²) in [5.41, 5.74) is 1.89. The molecule has 3 aromatic rings. The van der Waals surface area contributed by atoms with E-state index in [9.17, 15) is 18.0 Å². The minimum absolute atomic E-state index is 0.0467. The van der Waals surface area contributed by atoms with Crippen molar-refractivity contribution in [2.45, 2.75) is 26.1 Å². The number of anilines is 3. The Morgan fingerprint density at radius 1 is 1.09 bits per heavy atom. The van der Waals surface area contributed by atoms with Crippen LogP contribution in [0.25, 0.3) is 5.82 Å². The predicted molar refractivity (Wildman–Crippen MR) is 114 cm³/mol. The lowest BCUT2D eigenvalue weighted by Gasteiger charge is -2.15. The monoisotopic (exact) mass is 443 g/mol. The number of ketones is 1. The Morgan fingerprint density at radius 2 is 1.81 bits per heavy atom. The summed E-state index contributed by atoms with van der Waals surface area (Å²) in [6.45, 7) is 3.31. The van der Waals surface area contributed by atoms with Gasteiger partial charge in [0.2, 0.25) is 5.82 Å². The second kappa shape index (κ2) is 8.86. The number of rotatable bonds is 6. The minimum Gasteiger partial charge on any atom is -0.406 e. The number of halogens is 3. The molecule has 166 valence electrons. The van der Waals surface area contributed by atoms with E-state index < -0.39 is 6.36 Å². The van der Waals surface area contributed by atoms with Crippen LogP contribution in [0, 0.1) is 0 Å². The lowest BCUT2D eigenvalue weighted by molar-refractivity contribution is -0.599. The molecule has 4 rings (SSSR count). The molecule has 1 aromatic carbocycles. The minimum atomic E-state index is -4.73. The van der Waals surface area contributed by atoms with E-state index in [1.54, 1.807) is 22.9 Å². The third-order valence-electron chi connectivity index (χ3n) is 5.08. The predicted octanol–water partition coefficient (Wildman–Crippen LogP) is 4.80. The number of hydrogen-bond donors (Lipinski definition) is 1. The van der Waals surface area contributed by atoms with Crippen LogP contribution < -0.4 is 19.5 Å². The highest BCUT2D eigenvalue weighted by atomic mass is 19.4. The van der Waals surface area contributed by atoms with Crippen molar-refractivity contribution in [3.8, 4) is 11.6 Å². The molecule has 0 spiro atoms.